The molecule has 0 bridgehead atoms. The molecule has 0 fully saturated rings. The van der Waals surface area contributed by atoms with E-state index < -0.39 is 0 Å². The third-order valence-corrected chi connectivity index (χ3v) is 4.97. The largest absolute Gasteiger partial charge is 0.436 e. The van der Waals surface area contributed by atoms with Crippen LogP contribution in [0.25, 0.3) is 22.6 Å². The Labute approximate surface area is 180 Å². The number of hydrogen-bond acceptors (Lipinski definition) is 4. The van der Waals surface area contributed by atoms with E-state index in [4.69, 9.17) is 16.6 Å². The lowest BCUT2D eigenvalue weighted by Gasteiger charge is -2.11. The summed E-state index contributed by atoms with van der Waals surface area (Å²) in [6, 6.07) is 19.2. The SMILES string of the molecule is Cc1cccc(-c2nc3cc(NC(=S)NC(=O)c4ccc(C)cc4C)ccc3o2)c1. The maximum atomic E-state index is 12.5. The molecule has 0 aliphatic rings. The number of benzene rings is 3. The van der Waals surface area contributed by atoms with Gasteiger partial charge in [-0.15, -0.1) is 0 Å². The molecule has 0 aliphatic carbocycles. The van der Waals surface area contributed by atoms with Crippen LogP contribution in [-0.2, 0) is 0 Å². The smallest absolute Gasteiger partial charge is 0.257 e. The van der Waals surface area contributed by atoms with Gasteiger partial charge in [0.15, 0.2) is 10.7 Å². The standard InChI is InChI=1S/C24H21N3O2S/c1-14-5-4-6-17(12-14)23-26-20-13-18(8-10-21(20)29-23)25-24(30)27-22(28)19-9-7-15(2)11-16(19)3/h4-13H,1-3H3,(H2,25,27,28,30). The first-order chi connectivity index (χ1) is 14.4. The van der Waals surface area contributed by atoms with E-state index in [9.17, 15) is 4.79 Å². The van der Waals surface area contributed by atoms with Crippen molar-refractivity contribution < 1.29 is 9.21 Å². The fourth-order valence-corrected chi connectivity index (χ4v) is 3.52. The van der Waals surface area contributed by atoms with Crippen LogP contribution < -0.4 is 10.6 Å². The summed E-state index contributed by atoms with van der Waals surface area (Å²) < 4.78 is 5.87. The highest BCUT2D eigenvalue weighted by atomic mass is 32.1. The van der Waals surface area contributed by atoms with Gasteiger partial charge in [-0.25, -0.2) is 4.98 Å². The Morgan fingerprint density at radius 2 is 1.77 bits per heavy atom. The van der Waals surface area contributed by atoms with Crippen molar-refractivity contribution in [1.29, 1.82) is 0 Å². The molecule has 1 amide bonds. The number of rotatable bonds is 3. The summed E-state index contributed by atoms with van der Waals surface area (Å²) in [7, 11) is 0. The van der Waals surface area contributed by atoms with Crippen molar-refractivity contribution in [3.63, 3.8) is 0 Å². The quantitative estimate of drug-likeness (QED) is 0.430. The molecule has 3 aromatic carbocycles. The van der Waals surface area contributed by atoms with Gasteiger partial charge < -0.3 is 9.73 Å². The van der Waals surface area contributed by atoms with Gasteiger partial charge in [0.05, 0.1) is 0 Å². The predicted octanol–water partition coefficient (Wildman–Crippen LogP) is 5.55. The Morgan fingerprint density at radius 1 is 0.967 bits per heavy atom. The number of aryl methyl sites for hydroxylation is 3. The number of hydrogen-bond donors (Lipinski definition) is 2. The molecule has 0 radical (unpaired) electrons. The molecule has 150 valence electrons. The van der Waals surface area contributed by atoms with Crippen LogP contribution in [-0.4, -0.2) is 16.0 Å². The molecule has 30 heavy (non-hydrogen) atoms. The number of nitrogens with one attached hydrogen (secondary N) is 2. The molecule has 0 atom stereocenters. The lowest BCUT2D eigenvalue weighted by Crippen LogP contribution is -2.34. The van der Waals surface area contributed by atoms with Crippen LogP contribution in [0.1, 0.15) is 27.0 Å². The Balaban J connectivity index is 1.49. The van der Waals surface area contributed by atoms with E-state index in [0.29, 0.717) is 22.6 Å². The van der Waals surface area contributed by atoms with Crippen molar-refractivity contribution >= 4 is 40.0 Å². The van der Waals surface area contributed by atoms with Crippen molar-refractivity contribution in [3.05, 3.63) is 82.9 Å². The second kappa shape index (κ2) is 8.08. The van der Waals surface area contributed by atoms with E-state index >= 15 is 0 Å². The molecular weight excluding hydrogens is 394 g/mol. The van der Waals surface area contributed by atoms with Crippen LogP contribution in [0, 0.1) is 20.8 Å². The van der Waals surface area contributed by atoms with Gasteiger partial charge in [0, 0.05) is 16.8 Å². The molecule has 0 saturated carbocycles. The van der Waals surface area contributed by atoms with Gasteiger partial charge in [-0.3, -0.25) is 10.1 Å². The zero-order valence-corrected chi connectivity index (χ0v) is 17.8. The highest BCUT2D eigenvalue weighted by molar-refractivity contribution is 7.80. The lowest BCUT2D eigenvalue weighted by atomic mass is 10.1. The Bertz CT molecular complexity index is 1280. The van der Waals surface area contributed by atoms with Crippen molar-refractivity contribution in [2.75, 3.05) is 5.32 Å². The molecule has 2 N–H and O–H groups in total. The van der Waals surface area contributed by atoms with Crippen LogP contribution in [0.5, 0.6) is 0 Å². The van der Waals surface area contributed by atoms with Crippen molar-refractivity contribution in [3.8, 4) is 11.5 Å². The topological polar surface area (TPSA) is 67.2 Å². The average Bonchev–Trinajstić information content (AvgIpc) is 3.11. The van der Waals surface area contributed by atoms with Crippen LogP contribution in [0.4, 0.5) is 5.69 Å². The Morgan fingerprint density at radius 3 is 2.53 bits per heavy atom. The molecule has 4 rings (SSSR count). The highest BCUT2D eigenvalue weighted by Gasteiger charge is 2.12. The summed E-state index contributed by atoms with van der Waals surface area (Å²) in [6.45, 7) is 5.93. The third kappa shape index (κ3) is 4.23. The van der Waals surface area contributed by atoms with Crippen molar-refractivity contribution in [1.82, 2.24) is 10.3 Å². The Kier molecular flexibility index (Phi) is 5.33. The highest BCUT2D eigenvalue weighted by Crippen LogP contribution is 2.26. The molecule has 0 unspecified atom stereocenters. The van der Waals surface area contributed by atoms with Crippen LogP contribution >= 0.6 is 12.2 Å². The average molecular weight is 416 g/mol. The number of carbonyl (C=O) groups is 1. The zero-order chi connectivity index (χ0) is 21.3. The third-order valence-electron chi connectivity index (χ3n) is 4.76. The molecule has 0 aliphatic heterocycles. The number of nitrogens with zero attached hydrogens (tertiary/aromatic N) is 1. The van der Waals surface area contributed by atoms with E-state index in [2.05, 4.69) is 15.6 Å². The fourth-order valence-electron chi connectivity index (χ4n) is 3.31. The summed E-state index contributed by atoms with van der Waals surface area (Å²) in [5.41, 5.74) is 6.79. The van der Waals surface area contributed by atoms with Gasteiger partial charge in [0.25, 0.3) is 5.91 Å². The van der Waals surface area contributed by atoms with Gasteiger partial charge in [-0.1, -0.05) is 35.4 Å². The molecule has 5 nitrogen and oxygen atoms in total. The summed E-state index contributed by atoms with van der Waals surface area (Å²) in [5, 5.41) is 5.99. The summed E-state index contributed by atoms with van der Waals surface area (Å²) in [4.78, 5) is 17.1. The van der Waals surface area contributed by atoms with E-state index in [1.807, 2.05) is 75.4 Å². The summed E-state index contributed by atoms with van der Waals surface area (Å²) in [5.74, 6) is 0.325. The van der Waals surface area contributed by atoms with Gasteiger partial charge in [-0.2, -0.15) is 0 Å². The number of thiocarbonyl (C=S) groups is 1. The first-order valence-electron chi connectivity index (χ1n) is 9.56. The molecule has 1 heterocycles. The van der Waals surface area contributed by atoms with Crippen LogP contribution in [0.15, 0.2) is 65.1 Å². The van der Waals surface area contributed by atoms with Gasteiger partial charge in [-0.05, 0) is 75.0 Å². The number of anilines is 1. The maximum absolute atomic E-state index is 12.5. The molecule has 1 aromatic heterocycles. The second-order valence-corrected chi connectivity index (χ2v) is 7.71. The predicted molar refractivity (Wildman–Crippen MR) is 124 cm³/mol. The van der Waals surface area contributed by atoms with E-state index in [0.717, 1.165) is 27.9 Å². The molecular formula is C24H21N3O2S. The normalized spacial score (nSPS) is 10.8. The number of fused-ring (bicyclic) bond motifs is 1. The summed E-state index contributed by atoms with van der Waals surface area (Å²) in [6.07, 6.45) is 0. The number of amides is 1. The maximum Gasteiger partial charge on any atom is 0.257 e. The number of carbonyl (C=O) groups excluding carboxylic acids is 1. The van der Waals surface area contributed by atoms with Gasteiger partial charge in [0.2, 0.25) is 5.89 Å². The minimum absolute atomic E-state index is 0.224. The minimum atomic E-state index is -0.241. The number of aromatic nitrogens is 1. The van der Waals surface area contributed by atoms with Gasteiger partial charge in [0.1, 0.15) is 5.52 Å². The van der Waals surface area contributed by atoms with Crippen LogP contribution in [0.2, 0.25) is 0 Å². The number of oxazole rings is 1. The van der Waals surface area contributed by atoms with E-state index in [-0.39, 0.29) is 11.0 Å². The molecule has 4 aromatic rings. The van der Waals surface area contributed by atoms with Crippen molar-refractivity contribution in [2.24, 2.45) is 0 Å². The van der Waals surface area contributed by atoms with Crippen molar-refractivity contribution in [2.45, 2.75) is 20.8 Å². The fraction of sp³-hybridized carbons (Fsp3) is 0.125. The lowest BCUT2D eigenvalue weighted by molar-refractivity contribution is 0.0977. The summed E-state index contributed by atoms with van der Waals surface area (Å²) >= 11 is 5.31. The first kappa shape index (κ1) is 19.8. The van der Waals surface area contributed by atoms with Gasteiger partial charge >= 0.3 is 0 Å². The van der Waals surface area contributed by atoms with E-state index in [1.165, 1.54) is 0 Å². The molecule has 0 spiro atoms. The molecule has 0 saturated heterocycles. The Hall–Kier alpha value is -3.51. The van der Waals surface area contributed by atoms with E-state index in [1.54, 1.807) is 6.07 Å². The first-order valence-corrected chi connectivity index (χ1v) is 9.97. The molecule has 6 heteroatoms. The second-order valence-electron chi connectivity index (χ2n) is 7.30. The minimum Gasteiger partial charge on any atom is -0.436 e. The monoisotopic (exact) mass is 415 g/mol. The zero-order valence-electron chi connectivity index (χ0n) is 16.9. The van der Waals surface area contributed by atoms with Crippen LogP contribution in [0.3, 0.4) is 0 Å².